The highest BCUT2D eigenvalue weighted by atomic mass is 16.6. The van der Waals surface area contributed by atoms with E-state index in [0.717, 1.165) is 5.69 Å². The van der Waals surface area contributed by atoms with E-state index in [1.165, 1.54) is 31.5 Å². The predicted molar refractivity (Wildman–Crippen MR) is 103 cm³/mol. The molecule has 0 bridgehead atoms. The Kier molecular flexibility index (Phi) is 5.35. The van der Waals surface area contributed by atoms with Gasteiger partial charge in [0.15, 0.2) is 5.65 Å². The van der Waals surface area contributed by atoms with E-state index in [2.05, 4.69) is 15.3 Å². The van der Waals surface area contributed by atoms with Crippen molar-refractivity contribution in [3.8, 4) is 5.75 Å². The lowest BCUT2D eigenvalue weighted by Crippen LogP contribution is -2.10. The van der Waals surface area contributed by atoms with Crippen LogP contribution in [0.15, 0.2) is 36.5 Å². The molecule has 9 nitrogen and oxygen atoms in total. The standard InChI is InChI=1S/C19H18N4O5/c1-4-28-19(24)14-10-20-18-13(7-5-11(2)21-18)17(14)22-15-9-12(23(25)26)6-8-16(15)27-3/h5-10H,4H2,1-3H3,(H,20,21,22). The van der Waals surface area contributed by atoms with Crippen molar-refractivity contribution in [1.82, 2.24) is 9.97 Å². The third-order valence-electron chi connectivity index (χ3n) is 4.02. The molecule has 1 aromatic carbocycles. The summed E-state index contributed by atoms with van der Waals surface area (Å²) < 4.78 is 10.4. The van der Waals surface area contributed by atoms with Gasteiger partial charge in [0, 0.05) is 29.4 Å². The number of esters is 1. The molecule has 0 aliphatic carbocycles. The number of nitrogens with one attached hydrogen (secondary N) is 1. The Labute approximate surface area is 160 Å². The van der Waals surface area contributed by atoms with Crippen LogP contribution in [0, 0.1) is 17.0 Å². The maximum absolute atomic E-state index is 12.4. The summed E-state index contributed by atoms with van der Waals surface area (Å²) in [4.78, 5) is 31.7. The Bertz CT molecular complexity index is 1070. The van der Waals surface area contributed by atoms with Gasteiger partial charge in [0.2, 0.25) is 0 Å². The SMILES string of the molecule is CCOC(=O)c1cnc2nc(C)ccc2c1Nc1cc([N+](=O)[O-])ccc1OC. The van der Waals surface area contributed by atoms with Crippen LogP contribution in [0.3, 0.4) is 0 Å². The van der Waals surface area contributed by atoms with Gasteiger partial charge >= 0.3 is 5.97 Å². The van der Waals surface area contributed by atoms with Crippen LogP contribution in [0.1, 0.15) is 23.0 Å². The van der Waals surface area contributed by atoms with Crippen LogP contribution in [0.5, 0.6) is 5.75 Å². The Morgan fingerprint density at radius 2 is 2.07 bits per heavy atom. The minimum atomic E-state index is -0.565. The number of nitro groups is 1. The van der Waals surface area contributed by atoms with Crippen molar-refractivity contribution < 1.29 is 19.2 Å². The first-order valence-corrected chi connectivity index (χ1v) is 8.47. The van der Waals surface area contributed by atoms with Crippen LogP contribution >= 0.6 is 0 Å². The molecule has 3 rings (SSSR count). The number of hydrogen-bond donors (Lipinski definition) is 1. The molecule has 0 unspecified atom stereocenters. The normalized spacial score (nSPS) is 10.5. The lowest BCUT2D eigenvalue weighted by atomic mass is 10.1. The second-order valence-electron chi connectivity index (χ2n) is 5.86. The largest absolute Gasteiger partial charge is 0.495 e. The van der Waals surface area contributed by atoms with E-state index in [9.17, 15) is 14.9 Å². The molecule has 2 aromatic heterocycles. The summed E-state index contributed by atoms with van der Waals surface area (Å²) in [6, 6.07) is 7.72. The summed E-state index contributed by atoms with van der Waals surface area (Å²) >= 11 is 0. The molecule has 2 heterocycles. The van der Waals surface area contributed by atoms with Crippen LogP contribution in [0.25, 0.3) is 11.0 Å². The van der Waals surface area contributed by atoms with E-state index in [1.807, 2.05) is 6.92 Å². The van der Waals surface area contributed by atoms with Gasteiger partial charge in [-0.3, -0.25) is 10.1 Å². The number of pyridine rings is 2. The Morgan fingerprint density at radius 3 is 2.75 bits per heavy atom. The van der Waals surface area contributed by atoms with E-state index in [1.54, 1.807) is 19.1 Å². The lowest BCUT2D eigenvalue weighted by Gasteiger charge is -2.16. The quantitative estimate of drug-likeness (QED) is 0.389. The van der Waals surface area contributed by atoms with Gasteiger partial charge in [-0.25, -0.2) is 14.8 Å². The fourth-order valence-electron chi connectivity index (χ4n) is 2.71. The molecule has 0 aliphatic rings. The van der Waals surface area contributed by atoms with E-state index < -0.39 is 10.9 Å². The zero-order valence-electron chi connectivity index (χ0n) is 15.6. The van der Waals surface area contributed by atoms with Gasteiger partial charge in [0.05, 0.1) is 30.0 Å². The van der Waals surface area contributed by atoms with E-state index in [-0.39, 0.29) is 17.9 Å². The molecule has 0 aliphatic heterocycles. The number of non-ortho nitro benzene ring substituents is 1. The first kappa shape index (κ1) is 19.0. The molecule has 0 saturated carbocycles. The smallest absolute Gasteiger partial charge is 0.341 e. The molecule has 144 valence electrons. The number of aryl methyl sites for hydroxylation is 1. The Balaban J connectivity index is 2.20. The molecule has 0 radical (unpaired) electrons. The molecular weight excluding hydrogens is 364 g/mol. The van der Waals surface area contributed by atoms with Crippen molar-refractivity contribution in [1.29, 1.82) is 0 Å². The molecule has 1 N–H and O–H groups in total. The number of hydrogen-bond acceptors (Lipinski definition) is 8. The van der Waals surface area contributed by atoms with Gasteiger partial charge < -0.3 is 14.8 Å². The first-order chi connectivity index (χ1) is 13.4. The third-order valence-corrected chi connectivity index (χ3v) is 4.02. The van der Waals surface area contributed by atoms with Gasteiger partial charge in [0.25, 0.3) is 5.69 Å². The lowest BCUT2D eigenvalue weighted by molar-refractivity contribution is -0.384. The van der Waals surface area contributed by atoms with Gasteiger partial charge in [-0.2, -0.15) is 0 Å². The Hall–Kier alpha value is -3.75. The van der Waals surface area contributed by atoms with Crippen molar-refractivity contribution in [2.45, 2.75) is 13.8 Å². The average Bonchev–Trinajstić information content (AvgIpc) is 2.67. The van der Waals surface area contributed by atoms with Gasteiger partial charge in [-0.1, -0.05) is 0 Å². The van der Waals surface area contributed by atoms with E-state index >= 15 is 0 Å². The van der Waals surface area contributed by atoms with Crippen molar-refractivity contribution in [3.63, 3.8) is 0 Å². The molecule has 0 saturated heterocycles. The second-order valence-corrected chi connectivity index (χ2v) is 5.86. The van der Waals surface area contributed by atoms with Gasteiger partial charge in [-0.15, -0.1) is 0 Å². The minimum Gasteiger partial charge on any atom is -0.495 e. The fourth-order valence-corrected chi connectivity index (χ4v) is 2.71. The van der Waals surface area contributed by atoms with E-state index in [4.69, 9.17) is 9.47 Å². The predicted octanol–water partition coefficient (Wildman–Crippen LogP) is 3.78. The number of carbonyl (C=O) groups excluding carboxylic acids is 1. The molecule has 0 atom stereocenters. The van der Waals surface area contributed by atoms with Crippen molar-refractivity contribution in [3.05, 3.63) is 57.9 Å². The number of aromatic nitrogens is 2. The fraction of sp³-hybridized carbons (Fsp3) is 0.211. The zero-order chi connectivity index (χ0) is 20.3. The number of methoxy groups -OCH3 is 1. The maximum Gasteiger partial charge on any atom is 0.341 e. The summed E-state index contributed by atoms with van der Waals surface area (Å²) in [6.45, 7) is 3.73. The average molecular weight is 382 g/mol. The first-order valence-electron chi connectivity index (χ1n) is 8.47. The second kappa shape index (κ2) is 7.87. The highest BCUT2D eigenvalue weighted by Gasteiger charge is 2.20. The number of fused-ring (bicyclic) bond motifs is 1. The number of nitro benzene ring substituents is 1. The zero-order valence-corrected chi connectivity index (χ0v) is 15.6. The highest BCUT2D eigenvalue weighted by molar-refractivity contribution is 6.05. The number of carbonyl (C=O) groups is 1. The Morgan fingerprint density at radius 1 is 1.29 bits per heavy atom. The summed E-state index contributed by atoms with van der Waals surface area (Å²) in [7, 11) is 1.45. The summed E-state index contributed by atoms with van der Waals surface area (Å²) in [6.07, 6.45) is 1.37. The molecule has 0 amide bonds. The molecule has 3 aromatic rings. The van der Waals surface area contributed by atoms with Crippen molar-refractivity contribution >= 4 is 34.1 Å². The summed E-state index contributed by atoms with van der Waals surface area (Å²) in [5.41, 5.74) is 1.98. The monoisotopic (exact) mass is 382 g/mol. The summed E-state index contributed by atoms with van der Waals surface area (Å²) in [5, 5.41) is 14.8. The molecular formula is C19H18N4O5. The number of nitrogens with zero attached hydrogens (tertiary/aromatic N) is 3. The number of rotatable bonds is 6. The number of anilines is 2. The topological polar surface area (TPSA) is 116 Å². The van der Waals surface area contributed by atoms with E-state index in [0.29, 0.717) is 28.2 Å². The number of ether oxygens (including phenoxy) is 2. The van der Waals surface area contributed by atoms with Crippen LogP contribution in [-0.2, 0) is 4.74 Å². The highest BCUT2D eigenvalue weighted by Crippen LogP contribution is 2.35. The number of benzene rings is 1. The summed E-state index contributed by atoms with van der Waals surface area (Å²) in [5.74, 6) is -0.185. The third kappa shape index (κ3) is 3.68. The molecule has 28 heavy (non-hydrogen) atoms. The molecule has 9 heteroatoms. The van der Waals surface area contributed by atoms with Crippen LogP contribution in [-0.4, -0.2) is 34.6 Å². The molecule has 0 spiro atoms. The van der Waals surface area contributed by atoms with Gasteiger partial charge in [-0.05, 0) is 32.0 Å². The maximum atomic E-state index is 12.4. The van der Waals surface area contributed by atoms with Crippen molar-refractivity contribution in [2.24, 2.45) is 0 Å². The minimum absolute atomic E-state index is 0.117. The van der Waals surface area contributed by atoms with Crippen LogP contribution in [0.2, 0.25) is 0 Å². The van der Waals surface area contributed by atoms with Crippen molar-refractivity contribution in [2.75, 3.05) is 19.0 Å². The van der Waals surface area contributed by atoms with Gasteiger partial charge in [0.1, 0.15) is 11.3 Å². The van der Waals surface area contributed by atoms with Crippen LogP contribution < -0.4 is 10.1 Å². The molecule has 0 fully saturated rings. The van der Waals surface area contributed by atoms with Crippen LogP contribution in [0.4, 0.5) is 17.1 Å².